The lowest BCUT2D eigenvalue weighted by Crippen LogP contribution is -2.46. The number of esters is 1. The van der Waals surface area contributed by atoms with E-state index in [9.17, 15) is 4.79 Å². The van der Waals surface area contributed by atoms with Crippen LogP contribution in [-0.4, -0.2) is 49.1 Å². The molecule has 1 fully saturated rings. The van der Waals surface area contributed by atoms with Crippen molar-refractivity contribution in [1.29, 1.82) is 0 Å². The van der Waals surface area contributed by atoms with Gasteiger partial charge in [0.2, 0.25) is 0 Å². The van der Waals surface area contributed by atoms with E-state index in [4.69, 9.17) is 4.74 Å². The van der Waals surface area contributed by atoms with Crippen molar-refractivity contribution in [2.24, 2.45) is 0 Å². The first-order chi connectivity index (χ1) is 11.2. The van der Waals surface area contributed by atoms with E-state index >= 15 is 0 Å². The zero-order valence-electron chi connectivity index (χ0n) is 13.5. The molecule has 0 bridgehead atoms. The number of methoxy groups -OCH3 is 1. The molecule has 0 saturated carbocycles. The number of nitrogens with zero attached hydrogens (tertiary/aromatic N) is 3. The fourth-order valence-electron chi connectivity index (χ4n) is 2.81. The molecule has 1 aliphatic rings. The molecule has 0 N–H and O–H groups in total. The summed E-state index contributed by atoms with van der Waals surface area (Å²) in [6.07, 6.45) is 0. The highest BCUT2D eigenvalue weighted by atomic mass is 32.1. The number of aryl methyl sites for hydroxylation is 1. The van der Waals surface area contributed by atoms with Gasteiger partial charge in [-0.05, 0) is 30.5 Å². The lowest BCUT2D eigenvalue weighted by molar-refractivity contribution is 0.0599. The molecule has 3 heterocycles. The average molecular weight is 331 g/mol. The monoisotopic (exact) mass is 331 g/mol. The van der Waals surface area contributed by atoms with E-state index in [-0.39, 0.29) is 5.97 Å². The van der Waals surface area contributed by atoms with Gasteiger partial charge in [-0.2, -0.15) is 0 Å². The number of carbonyl (C=O) groups excluding carboxylic acids is 1. The summed E-state index contributed by atoms with van der Waals surface area (Å²) in [5.41, 5.74) is 1.25. The molecule has 0 radical (unpaired) electrons. The molecule has 0 unspecified atom stereocenters. The van der Waals surface area contributed by atoms with E-state index in [0.717, 1.165) is 44.2 Å². The van der Waals surface area contributed by atoms with Gasteiger partial charge in [-0.15, -0.1) is 11.3 Å². The van der Waals surface area contributed by atoms with Crippen molar-refractivity contribution < 1.29 is 9.53 Å². The molecular weight excluding hydrogens is 310 g/mol. The van der Waals surface area contributed by atoms with Crippen molar-refractivity contribution in [2.75, 3.05) is 38.2 Å². The van der Waals surface area contributed by atoms with Crippen LogP contribution in [-0.2, 0) is 11.3 Å². The second-order valence-corrected chi connectivity index (χ2v) is 6.67. The van der Waals surface area contributed by atoms with E-state index in [1.165, 1.54) is 12.0 Å². The van der Waals surface area contributed by atoms with Gasteiger partial charge in [-0.25, -0.2) is 9.78 Å². The highest BCUT2D eigenvalue weighted by Gasteiger charge is 2.19. The van der Waals surface area contributed by atoms with E-state index in [1.54, 1.807) is 0 Å². The number of piperazine rings is 1. The molecule has 2 aromatic rings. The first kappa shape index (κ1) is 16.0. The minimum Gasteiger partial charge on any atom is -0.465 e. The lowest BCUT2D eigenvalue weighted by Gasteiger charge is -2.35. The zero-order valence-corrected chi connectivity index (χ0v) is 14.3. The molecule has 5 nitrogen and oxygen atoms in total. The number of ether oxygens (including phenoxy) is 1. The molecule has 6 heteroatoms. The number of hydrogen-bond donors (Lipinski definition) is 0. The van der Waals surface area contributed by atoms with Crippen molar-refractivity contribution >= 4 is 23.1 Å². The van der Waals surface area contributed by atoms with Gasteiger partial charge in [0.05, 0.1) is 18.4 Å². The number of anilines is 1. The third kappa shape index (κ3) is 3.71. The van der Waals surface area contributed by atoms with Crippen LogP contribution in [0.2, 0.25) is 0 Å². The van der Waals surface area contributed by atoms with E-state index in [2.05, 4.69) is 32.3 Å². The van der Waals surface area contributed by atoms with Gasteiger partial charge in [-0.1, -0.05) is 6.07 Å². The second kappa shape index (κ2) is 7.10. The molecule has 122 valence electrons. The Morgan fingerprint density at radius 2 is 2.04 bits per heavy atom. The number of rotatable bonds is 4. The summed E-state index contributed by atoms with van der Waals surface area (Å²) in [5, 5.41) is 2.13. The summed E-state index contributed by atoms with van der Waals surface area (Å²) < 4.78 is 4.77. The van der Waals surface area contributed by atoms with Crippen LogP contribution >= 0.6 is 11.3 Å². The van der Waals surface area contributed by atoms with Crippen molar-refractivity contribution in [1.82, 2.24) is 9.88 Å². The molecule has 3 rings (SSSR count). The summed E-state index contributed by atoms with van der Waals surface area (Å²) in [4.78, 5) is 22.4. The summed E-state index contributed by atoms with van der Waals surface area (Å²) in [6, 6.07) is 8.01. The van der Waals surface area contributed by atoms with Crippen LogP contribution in [0.5, 0.6) is 0 Å². The Kier molecular flexibility index (Phi) is 4.93. The lowest BCUT2D eigenvalue weighted by atomic mass is 10.2. The first-order valence-corrected chi connectivity index (χ1v) is 8.61. The SMILES string of the molecule is COC(=O)c1ccc(N2CCN(Cc3cccs3)CC2)nc1C. The van der Waals surface area contributed by atoms with Crippen LogP contribution in [0, 0.1) is 6.92 Å². The van der Waals surface area contributed by atoms with E-state index in [0.29, 0.717) is 5.56 Å². The second-order valence-electron chi connectivity index (χ2n) is 5.64. The Hall–Kier alpha value is -1.92. The molecule has 0 spiro atoms. The van der Waals surface area contributed by atoms with Gasteiger partial charge in [0.25, 0.3) is 0 Å². The predicted molar refractivity (Wildman–Crippen MR) is 92.1 cm³/mol. The number of carbonyl (C=O) groups is 1. The molecule has 0 amide bonds. The van der Waals surface area contributed by atoms with Gasteiger partial charge < -0.3 is 9.64 Å². The van der Waals surface area contributed by atoms with Crippen molar-refractivity contribution in [2.45, 2.75) is 13.5 Å². The van der Waals surface area contributed by atoms with Crippen LogP contribution < -0.4 is 4.90 Å². The molecule has 23 heavy (non-hydrogen) atoms. The minimum atomic E-state index is -0.331. The number of hydrogen-bond acceptors (Lipinski definition) is 6. The molecule has 2 aromatic heterocycles. The standard InChI is InChI=1S/C17H21N3O2S/c1-13-15(17(21)22-2)5-6-16(18-13)20-9-7-19(8-10-20)12-14-4-3-11-23-14/h3-6,11H,7-10,12H2,1-2H3. The van der Waals surface area contributed by atoms with Crippen LogP contribution in [0.3, 0.4) is 0 Å². The van der Waals surface area contributed by atoms with Gasteiger partial charge in [0, 0.05) is 37.6 Å². The Morgan fingerprint density at radius 3 is 2.65 bits per heavy atom. The number of pyridine rings is 1. The quantitative estimate of drug-likeness (QED) is 0.806. The molecule has 1 aliphatic heterocycles. The van der Waals surface area contributed by atoms with Crippen molar-refractivity contribution in [3.05, 3.63) is 45.8 Å². The van der Waals surface area contributed by atoms with E-state index < -0.39 is 0 Å². The zero-order chi connectivity index (χ0) is 16.2. The van der Waals surface area contributed by atoms with Crippen LogP contribution in [0.4, 0.5) is 5.82 Å². The van der Waals surface area contributed by atoms with Crippen LogP contribution in [0.25, 0.3) is 0 Å². The molecular formula is C17H21N3O2S. The molecule has 0 aliphatic carbocycles. The largest absolute Gasteiger partial charge is 0.465 e. The summed E-state index contributed by atoms with van der Waals surface area (Å²) in [6.45, 7) is 6.83. The Labute approximate surface area is 140 Å². The Bertz CT molecular complexity index is 664. The topological polar surface area (TPSA) is 45.7 Å². The smallest absolute Gasteiger partial charge is 0.339 e. The third-order valence-corrected chi connectivity index (χ3v) is 4.99. The van der Waals surface area contributed by atoms with Crippen molar-refractivity contribution in [3.63, 3.8) is 0 Å². The highest BCUT2D eigenvalue weighted by molar-refractivity contribution is 7.09. The highest BCUT2D eigenvalue weighted by Crippen LogP contribution is 2.19. The normalized spacial score (nSPS) is 15.7. The fraction of sp³-hybridized carbons (Fsp3) is 0.412. The summed E-state index contributed by atoms with van der Waals surface area (Å²) in [7, 11) is 1.39. The number of thiophene rings is 1. The fourth-order valence-corrected chi connectivity index (χ4v) is 3.55. The molecule has 0 aromatic carbocycles. The summed E-state index contributed by atoms with van der Waals surface area (Å²) >= 11 is 1.81. The Balaban J connectivity index is 1.61. The maximum atomic E-state index is 11.6. The van der Waals surface area contributed by atoms with Gasteiger partial charge in [0.1, 0.15) is 5.82 Å². The maximum absolute atomic E-state index is 11.6. The minimum absolute atomic E-state index is 0.331. The maximum Gasteiger partial charge on any atom is 0.339 e. The molecule has 0 atom stereocenters. The summed E-state index contributed by atoms with van der Waals surface area (Å²) in [5.74, 6) is 0.605. The van der Waals surface area contributed by atoms with Crippen LogP contribution in [0.1, 0.15) is 20.9 Å². The third-order valence-electron chi connectivity index (χ3n) is 4.13. The molecule has 1 saturated heterocycles. The Morgan fingerprint density at radius 1 is 1.26 bits per heavy atom. The van der Waals surface area contributed by atoms with Crippen molar-refractivity contribution in [3.8, 4) is 0 Å². The first-order valence-electron chi connectivity index (χ1n) is 7.73. The average Bonchev–Trinajstić information content (AvgIpc) is 3.08. The number of aromatic nitrogens is 1. The predicted octanol–water partition coefficient (Wildman–Crippen LogP) is 2.56. The van der Waals surface area contributed by atoms with Gasteiger partial charge in [0.15, 0.2) is 0 Å². The van der Waals surface area contributed by atoms with Crippen LogP contribution in [0.15, 0.2) is 29.6 Å². The van der Waals surface area contributed by atoms with Gasteiger partial charge in [-0.3, -0.25) is 4.90 Å². The van der Waals surface area contributed by atoms with Gasteiger partial charge >= 0.3 is 5.97 Å². The van der Waals surface area contributed by atoms with E-state index in [1.807, 2.05) is 30.4 Å².